The number of anilines is 1. The topological polar surface area (TPSA) is 75.6 Å². The Kier molecular flexibility index (Phi) is 5.31. The first-order valence-corrected chi connectivity index (χ1v) is 9.99. The minimum absolute atomic E-state index is 0.294. The Labute approximate surface area is 177 Å². The first-order chi connectivity index (χ1) is 14.0. The lowest BCUT2D eigenvalue weighted by Gasteiger charge is -2.03. The standard InChI is InChI=1S/C22H20BrN5O/c1-14-3-7-16(8-4-14)12-28-13-18(23)21(27-28)24-22(29)20-11-19(25-26-20)17-9-5-15(2)6-10-17/h3-11,13H,12H2,1-2H3,(H,25,26)(H,24,27,29). The number of carbonyl (C=O) groups is 1. The molecule has 0 atom stereocenters. The van der Waals surface area contributed by atoms with E-state index in [1.165, 1.54) is 11.1 Å². The predicted octanol–water partition coefficient (Wildman–Crippen LogP) is 4.95. The maximum atomic E-state index is 12.6. The van der Waals surface area contributed by atoms with E-state index in [4.69, 9.17) is 0 Å². The summed E-state index contributed by atoms with van der Waals surface area (Å²) in [6.45, 7) is 4.71. The fourth-order valence-electron chi connectivity index (χ4n) is 2.93. The van der Waals surface area contributed by atoms with Gasteiger partial charge in [-0.15, -0.1) is 0 Å². The average molecular weight is 450 g/mol. The molecule has 2 aromatic carbocycles. The van der Waals surface area contributed by atoms with Gasteiger partial charge in [0.2, 0.25) is 0 Å². The molecule has 1 amide bonds. The van der Waals surface area contributed by atoms with Crippen LogP contribution in [0, 0.1) is 13.8 Å². The van der Waals surface area contributed by atoms with E-state index in [0.29, 0.717) is 18.1 Å². The summed E-state index contributed by atoms with van der Waals surface area (Å²) < 4.78 is 2.51. The molecule has 29 heavy (non-hydrogen) atoms. The SMILES string of the molecule is Cc1ccc(Cn2cc(Br)c(NC(=O)c3cc(-c4ccc(C)cc4)n[nH]3)n2)cc1. The lowest BCUT2D eigenvalue weighted by molar-refractivity contribution is 0.102. The number of hydrogen-bond acceptors (Lipinski definition) is 3. The third-order valence-electron chi connectivity index (χ3n) is 4.58. The van der Waals surface area contributed by atoms with E-state index in [1.54, 1.807) is 10.7 Å². The average Bonchev–Trinajstić information content (AvgIpc) is 3.32. The van der Waals surface area contributed by atoms with Crippen molar-refractivity contribution in [3.63, 3.8) is 0 Å². The van der Waals surface area contributed by atoms with Crippen LogP contribution in [-0.4, -0.2) is 25.9 Å². The van der Waals surface area contributed by atoms with E-state index in [2.05, 4.69) is 67.7 Å². The molecule has 2 aromatic heterocycles. The number of carbonyl (C=O) groups excluding carboxylic acids is 1. The summed E-state index contributed by atoms with van der Waals surface area (Å²) in [4.78, 5) is 12.6. The van der Waals surface area contributed by atoms with Crippen molar-refractivity contribution < 1.29 is 4.79 Å². The van der Waals surface area contributed by atoms with Crippen LogP contribution in [-0.2, 0) is 6.54 Å². The Balaban J connectivity index is 1.46. The summed E-state index contributed by atoms with van der Waals surface area (Å²) >= 11 is 3.47. The number of hydrogen-bond donors (Lipinski definition) is 2. The molecule has 0 saturated heterocycles. The Morgan fingerprint density at radius 1 is 1.07 bits per heavy atom. The molecule has 0 spiro atoms. The fraction of sp³-hybridized carbons (Fsp3) is 0.136. The number of benzene rings is 2. The molecule has 0 radical (unpaired) electrons. The summed E-state index contributed by atoms with van der Waals surface area (Å²) in [7, 11) is 0. The lowest BCUT2D eigenvalue weighted by atomic mass is 10.1. The van der Waals surface area contributed by atoms with Gasteiger partial charge in [-0.1, -0.05) is 59.7 Å². The van der Waals surface area contributed by atoms with Gasteiger partial charge in [0.25, 0.3) is 5.91 Å². The van der Waals surface area contributed by atoms with Crippen LogP contribution in [0.4, 0.5) is 5.82 Å². The van der Waals surface area contributed by atoms with Crippen LogP contribution >= 0.6 is 15.9 Å². The van der Waals surface area contributed by atoms with Gasteiger partial charge in [0.05, 0.1) is 16.7 Å². The Bertz CT molecular complexity index is 1140. The smallest absolute Gasteiger partial charge is 0.274 e. The predicted molar refractivity (Wildman–Crippen MR) is 117 cm³/mol. The number of amides is 1. The van der Waals surface area contributed by atoms with Gasteiger partial charge < -0.3 is 5.32 Å². The zero-order valence-electron chi connectivity index (χ0n) is 16.1. The molecule has 0 aliphatic heterocycles. The molecule has 4 aromatic rings. The van der Waals surface area contributed by atoms with Gasteiger partial charge >= 0.3 is 0 Å². The Hall–Kier alpha value is -3.19. The minimum atomic E-state index is -0.294. The first-order valence-electron chi connectivity index (χ1n) is 9.20. The molecule has 0 aliphatic carbocycles. The minimum Gasteiger partial charge on any atom is -0.303 e. The molecule has 0 bridgehead atoms. The Morgan fingerprint density at radius 3 is 2.41 bits per heavy atom. The molecule has 2 N–H and O–H groups in total. The van der Waals surface area contributed by atoms with Gasteiger partial charge in [-0.25, -0.2) is 0 Å². The van der Waals surface area contributed by atoms with Crippen molar-refractivity contribution in [2.75, 3.05) is 5.32 Å². The zero-order chi connectivity index (χ0) is 20.4. The second-order valence-electron chi connectivity index (χ2n) is 7.00. The molecule has 4 rings (SSSR count). The normalized spacial score (nSPS) is 10.9. The second-order valence-corrected chi connectivity index (χ2v) is 7.85. The zero-order valence-corrected chi connectivity index (χ0v) is 17.7. The summed E-state index contributed by atoms with van der Waals surface area (Å²) in [5.41, 5.74) is 5.58. The van der Waals surface area contributed by atoms with Gasteiger partial charge in [0.15, 0.2) is 5.82 Å². The van der Waals surface area contributed by atoms with Crippen molar-refractivity contribution in [1.82, 2.24) is 20.0 Å². The number of aromatic nitrogens is 4. The number of nitrogens with one attached hydrogen (secondary N) is 2. The highest BCUT2D eigenvalue weighted by Gasteiger charge is 2.15. The molecular formula is C22H20BrN5O. The highest BCUT2D eigenvalue weighted by Crippen LogP contribution is 2.23. The van der Waals surface area contributed by atoms with Gasteiger partial charge in [-0.05, 0) is 41.4 Å². The summed E-state index contributed by atoms with van der Waals surface area (Å²) in [5.74, 6) is 0.172. The van der Waals surface area contributed by atoms with Crippen LogP contribution in [0.25, 0.3) is 11.3 Å². The van der Waals surface area contributed by atoms with Crippen molar-refractivity contribution >= 4 is 27.7 Å². The molecule has 2 heterocycles. The largest absolute Gasteiger partial charge is 0.303 e. The third kappa shape index (κ3) is 4.46. The molecule has 0 aliphatic rings. The first kappa shape index (κ1) is 19.1. The molecule has 146 valence electrons. The molecule has 0 unspecified atom stereocenters. The fourth-order valence-corrected chi connectivity index (χ4v) is 3.34. The maximum absolute atomic E-state index is 12.6. The van der Waals surface area contributed by atoms with E-state index in [1.807, 2.05) is 37.4 Å². The molecule has 0 fully saturated rings. The van der Waals surface area contributed by atoms with Gasteiger partial charge in [0.1, 0.15) is 5.69 Å². The second kappa shape index (κ2) is 8.05. The van der Waals surface area contributed by atoms with Crippen LogP contribution in [0.1, 0.15) is 27.2 Å². The van der Waals surface area contributed by atoms with Crippen LogP contribution in [0.3, 0.4) is 0 Å². The van der Waals surface area contributed by atoms with Crippen molar-refractivity contribution in [3.05, 3.63) is 87.7 Å². The molecule has 0 saturated carbocycles. The number of nitrogens with zero attached hydrogens (tertiary/aromatic N) is 3. The van der Waals surface area contributed by atoms with Gasteiger partial charge in [0, 0.05) is 11.8 Å². The van der Waals surface area contributed by atoms with E-state index in [-0.39, 0.29) is 5.91 Å². The molecule has 7 heteroatoms. The Morgan fingerprint density at radius 2 is 1.72 bits per heavy atom. The van der Waals surface area contributed by atoms with Crippen molar-refractivity contribution in [1.29, 1.82) is 0 Å². The van der Waals surface area contributed by atoms with Gasteiger partial charge in [-0.3, -0.25) is 14.6 Å². The highest BCUT2D eigenvalue weighted by molar-refractivity contribution is 9.10. The number of aryl methyl sites for hydroxylation is 2. The summed E-state index contributed by atoms with van der Waals surface area (Å²) in [6, 6.07) is 18.0. The quantitative estimate of drug-likeness (QED) is 0.452. The number of rotatable bonds is 5. The number of aromatic amines is 1. The van der Waals surface area contributed by atoms with E-state index < -0.39 is 0 Å². The van der Waals surface area contributed by atoms with E-state index in [9.17, 15) is 4.79 Å². The van der Waals surface area contributed by atoms with Gasteiger partial charge in [-0.2, -0.15) is 10.2 Å². The van der Waals surface area contributed by atoms with Crippen molar-refractivity contribution in [2.24, 2.45) is 0 Å². The van der Waals surface area contributed by atoms with Crippen LogP contribution < -0.4 is 5.32 Å². The van der Waals surface area contributed by atoms with Crippen LogP contribution in [0.5, 0.6) is 0 Å². The molecule has 6 nitrogen and oxygen atoms in total. The highest BCUT2D eigenvalue weighted by atomic mass is 79.9. The summed E-state index contributed by atoms with van der Waals surface area (Å²) in [6.07, 6.45) is 1.85. The monoisotopic (exact) mass is 449 g/mol. The maximum Gasteiger partial charge on any atom is 0.274 e. The van der Waals surface area contributed by atoms with E-state index in [0.717, 1.165) is 21.3 Å². The van der Waals surface area contributed by atoms with Crippen LogP contribution in [0.15, 0.2) is 65.3 Å². The summed E-state index contributed by atoms with van der Waals surface area (Å²) in [5, 5.41) is 14.3. The van der Waals surface area contributed by atoms with Crippen molar-refractivity contribution in [3.8, 4) is 11.3 Å². The molecular weight excluding hydrogens is 430 g/mol. The van der Waals surface area contributed by atoms with Crippen LogP contribution in [0.2, 0.25) is 0 Å². The third-order valence-corrected chi connectivity index (χ3v) is 5.16. The van der Waals surface area contributed by atoms with Crippen molar-refractivity contribution in [2.45, 2.75) is 20.4 Å². The number of H-pyrrole nitrogens is 1. The lowest BCUT2D eigenvalue weighted by Crippen LogP contribution is -2.13. The van der Waals surface area contributed by atoms with E-state index >= 15 is 0 Å². The number of halogens is 1.